The third kappa shape index (κ3) is 4.87. The lowest BCUT2D eigenvalue weighted by Crippen LogP contribution is -2.36. The monoisotopic (exact) mass is 435 g/mol. The van der Waals surface area contributed by atoms with Crippen LogP contribution < -0.4 is 10.2 Å². The Morgan fingerprint density at radius 2 is 2.17 bits per heavy atom. The van der Waals surface area contributed by atoms with Crippen LogP contribution in [0.1, 0.15) is 32.6 Å². The van der Waals surface area contributed by atoms with Crippen molar-refractivity contribution in [1.82, 2.24) is 20.1 Å². The second-order valence-corrected chi connectivity index (χ2v) is 9.18. The standard InChI is InChI=1S/C20H26ClN5O2S/c1-14(18(27)22-13-17-8-5-11-28-17)29-20-24-23-19(25-9-2-3-10-25)26(20)16-7-4-6-15(21)12-16/h4,6-7,12,14,17H,2-3,5,8-11,13H2,1H3,(H,22,27)/t14-,17+/m1/s1. The predicted octanol–water partition coefficient (Wildman–Crippen LogP) is 3.30. The SMILES string of the molecule is C[C@@H](Sc1nnc(N2CCCC2)n1-c1cccc(Cl)c1)C(=O)NC[C@@H]1CCCO1. The van der Waals surface area contributed by atoms with Crippen LogP contribution in [0.5, 0.6) is 0 Å². The van der Waals surface area contributed by atoms with Crippen molar-refractivity contribution in [2.45, 2.75) is 49.1 Å². The van der Waals surface area contributed by atoms with Crippen molar-refractivity contribution in [3.63, 3.8) is 0 Å². The van der Waals surface area contributed by atoms with Crippen molar-refractivity contribution in [2.75, 3.05) is 31.1 Å². The molecule has 7 nitrogen and oxygen atoms in total. The van der Waals surface area contributed by atoms with Crippen molar-refractivity contribution in [2.24, 2.45) is 0 Å². The van der Waals surface area contributed by atoms with Gasteiger partial charge in [0, 0.05) is 31.3 Å². The van der Waals surface area contributed by atoms with E-state index in [1.807, 2.05) is 35.8 Å². The molecular weight excluding hydrogens is 410 g/mol. The van der Waals surface area contributed by atoms with E-state index in [-0.39, 0.29) is 17.3 Å². The third-order valence-corrected chi connectivity index (χ3v) is 6.53. The highest BCUT2D eigenvalue weighted by Crippen LogP contribution is 2.31. The molecule has 1 aromatic carbocycles. The molecule has 9 heteroatoms. The normalized spacial score (nSPS) is 20.2. The number of carbonyl (C=O) groups is 1. The van der Waals surface area contributed by atoms with Gasteiger partial charge in [0.05, 0.1) is 17.0 Å². The molecule has 29 heavy (non-hydrogen) atoms. The Morgan fingerprint density at radius 3 is 2.90 bits per heavy atom. The molecule has 4 rings (SSSR count). The minimum atomic E-state index is -0.301. The molecule has 1 N–H and O–H groups in total. The number of hydrogen-bond donors (Lipinski definition) is 1. The predicted molar refractivity (Wildman–Crippen MR) is 115 cm³/mol. The number of hydrogen-bond acceptors (Lipinski definition) is 6. The summed E-state index contributed by atoms with van der Waals surface area (Å²) in [7, 11) is 0. The third-order valence-electron chi connectivity index (χ3n) is 5.25. The van der Waals surface area contributed by atoms with Crippen LogP contribution in [0, 0.1) is 0 Å². The van der Waals surface area contributed by atoms with Gasteiger partial charge in [0.2, 0.25) is 11.9 Å². The quantitative estimate of drug-likeness (QED) is 0.673. The molecule has 1 amide bonds. The zero-order valence-electron chi connectivity index (χ0n) is 16.5. The van der Waals surface area contributed by atoms with Gasteiger partial charge in [0.25, 0.3) is 0 Å². The van der Waals surface area contributed by atoms with E-state index >= 15 is 0 Å². The van der Waals surface area contributed by atoms with Gasteiger partial charge in [-0.3, -0.25) is 9.36 Å². The first-order chi connectivity index (χ1) is 14.1. The number of rotatable bonds is 7. The lowest BCUT2D eigenvalue weighted by atomic mass is 10.2. The van der Waals surface area contributed by atoms with Crippen LogP contribution in [0.4, 0.5) is 5.95 Å². The van der Waals surface area contributed by atoms with E-state index in [1.165, 1.54) is 11.8 Å². The number of nitrogens with one attached hydrogen (secondary N) is 1. The first kappa shape index (κ1) is 20.5. The minimum absolute atomic E-state index is 0.0196. The number of benzene rings is 1. The molecule has 156 valence electrons. The number of thioether (sulfide) groups is 1. The van der Waals surface area contributed by atoms with Crippen molar-refractivity contribution < 1.29 is 9.53 Å². The molecule has 1 aromatic heterocycles. The summed E-state index contributed by atoms with van der Waals surface area (Å²) < 4.78 is 7.59. The van der Waals surface area contributed by atoms with Crippen LogP contribution in [-0.2, 0) is 9.53 Å². The fraction of sp³-hybridized carbons (Fsp3) is 0.550. The van der Waals surface area contributed by atoms with E-state index < -0.39 is 0 Å². The van der Waals surface area contributed by atoms with Crippen LogP contribution >= 0.6 is 23.4 Å². The molecule has 2 aliphatic heterocycles. The second kappa shape index (κ2) is 9.36. The number of halogens is 1. The fourth-order valence-corrected chi connectivity index (χ4v) is 4.75. The zero-order valence-corrected chi connectivity index (χ0v) is 18.1. The van der Waals surface area contributed by atoms with E-state index in [0.717, 1.165) is 57.0 Å². The number of nitrogens with zero attached hydrogens (tertiary/aromatic N) is 4. The van der Waals surface area contributed by atoms with Gasteiger partial charge in [-0.1, -0.05) is 29.4 Å². The van der Waals surface area contributed by atoms with Crippen molar-refractivity contribution >= 4 is 35.2 Å². The molecule has 0 aliphatic carbocycles. The van der Waals surface area contributed by atoms with E-state index in [4.69, 9.17) is 16.3 Å². The number of amides is 1. The lowest BCUT2D eigenvalue weighted by molar-refractivity contribution is -0.120. The minimum Gasteiger partial charge on any atom is -0.376 e. The van der Waals surface area contributed by atoms with Gasteiger partial charge < -0.3 is 15.0 Å². The van der Waals surface area contributed by atoms with E-state index in [0.29, 0.717) is 16.7 Å². The zero-order chi connectivity index (χ0) is 20.2. The molecule has 2 aromatic rings. The molecule has 0 saturated carbocycles. The number of ether oxygens (including phenoxy) is 1. The molecule has 2 aliphatic rings. The smallest absolute Gasteiger partial charge is 0.233 e. The molecular formula is C20H26ClN5O2S. The topological polar surface area (TPSA) is 72.3 Å². The van der Waals surface area contributed by atoms with Gasteiger partial charge in [-0.25, -0.2) is 0 Å². The molecule has 0 spiro atoms. The van der Waals surface area contributed by atoms with Crippen LogP contribution in [0.3, 0.4) is 0 Å². The maximum absolute atomic E-state index is 12.6. The van der Waals surface area contributed by atoms with Gasteiger partial charge in [-0.05, 0) is 50.8 Å². The lowest BCUT2D eigenvalue weighted by Gasteiger charge is -2.19. The van der Waals surface area contributed by atoms with Gasteiger partial charge in [-0.2, -0.15) is 0 Å². The average molecular weight is 436 g/mol. The molecule has 3 heterocycles. The molecule has 2 fully saturated rings. The Morgan fingerprint density at radius 1 is 1.34 bits per heavy atom. The Labute approximate surface area is 180 Å². The first-order valence-corrected chi connectivity index (χ1v) is 11.4. The second-order valence-electron chi connectivity index (χ2n) is 7.43. The summed E-state index contributed by atoms with van der Waals surface area (Å²) in [4.78, 5) is 14.8. The number of carbonyl (C=O) groups excluding carboxylic acids is 1. The van der Waals surface area contributed by atoms with Crippen LogP contribution in [0.2, 0.25) is 5.02 Å². The highest BCUT2D eigenvalue weighted by atomic mass is 35.5. The fourth-order valence-electron chi connectivity index (χ4n) is 3.68. The molecule has 2 atom stereocenters. The van der Waals surface area contributed by atoms with E-state index in [2.05, 4.69) is 20.4 Å². The van der Waals surface area contributed by atoms with E-state index in [1.54, 1.807) is 0 Å². The highest BCUT2D eigenvalue weighted by Gasteiger charge is 2.26. The molecule has 0 unspecified atom stereocenters. The summed E-state index contributed by atoms with van der Waals surface area (Å²) in [5.41, 5.74) is 0.902. The van der Waals surface area contributed by atoms with Gasteiger partial charge in [0.15, 0.2) is 5.16 Å². The summed E-state index contributed by atoms with van der Waals surface area (Å²) in [6.07, 6.45) is 4.49. The van der Waals surface area contributed by atoms with Gasteiger partial charge >= 0.3 is 0 Å². The highest BCUT2D eigenvalue weighted by molar-refractivity contribution is 8.00. The number of anilines is 1. The Kier molecular flexibility index (Phi) is 6.62. The van der Waals surface area contributed by atoms with Gasteiger partial charge in [0.1, 0.15) is 0 Å². The van der Waals surface area contributed by atoms with Crippen molar-refractivity contribution in [3.05, 3.63) is 29.3 Å². The Hall–Kier alpha value is -1.77. The summed E-state index contributed by atoms with van der Waals surface area (Å²) in [5, 5.41) is 12.9. The summed E-state index contributed by atoms with van der Waals surface area (Å²) in [6, 6.07) is 7.65. The summed E-state index contributed by atoms with van der Waals surface area (Å²) in [5.74, 6) is 0.785. The van der Waals surface area contributed by atoms with Gasteiger partial charge in [-0.15, -0.1) is 10.2 Å². The van der Waals surface area contributed by atoms with Crippen molar-refractivity contribution in [1.29, 1.82) is 0 Å². The number of aromatic nitrogens is 3. The van der Waals surface area contributed by atoms with E-state index in [9.17, 15) is 4.79 Å². The maximum atomic E-state index is 12.6. The first-order valence-electron chi connectivity index (χ1n) is 10.1. The van der Waals surface area contributed by atoms with Crippen LogP contribution in [0.15, 0.2) is 29.4 Å². The Balaban J connectivity index is 1.52. The Bertz CT molecular complexity index is 849. The summed E-state index contributed by atoms with van der Waals surface area (Å²) in [6.45, 7) is 5.15. The van der Waals surface area contributed by atoms with Crippen molar-refractivity contribution in [3.8, 4) is 5.69 Å². The largest absolute Gasteiger partial charge is 0.376 e. The van der Waals surface area contributed by atoms with Crippen LogP contribution in [-0.4, -0.2) is 58.3 Å². The van der Waals surface area contributed by atoms with Crippen LogP contribution in [0.25, 0.3) is 5.69 Å². The molecule has 2 saturated heterocycles. The molecule has 0 bridgehead atoms. The molecule has 0 radical (unpaired) electrons. The summed E-state index contributed by atoms with van der Waals surface area (Å²) >= 11 is 7.64. The average Bonchev–Trinajstić information content (AvgIpc) is 3.47. The maximum Gasteiger partial charge on any atom is 0.233 e.